The topological polar surface area (TPSA) is 110 Å². The first-order valence-electron chi connectivity index (χ1n) is 2.67. The average molecular weight is 344 g/mol. The molecule has 90 valence electrons. The maximum absolute atomic E-state index is 9.20. The van der Waals surface area contributed by atoms with Gasteiger partial charge in [-0.1, -0.05) is 58.0 Å². The number of phenols is 1. The molecule has 1 rings (SSSR count). The van der Waals surface area contributed by atoms with Crippen molar-refractivity contribution in [3.05, 3.63) is 25.1 Å². The van der Waals surface area contributed by atoms with Gasteiger partial charge in [0.05, 0.1) is 15.1 Å². The molecule has 0 bridgehead atoms. The van der Waals surface area contributed by atoms with E-state index in [0.717, 1.165) is 0 Å². The van der Waals surface area contributed by atoms with Gasteiger partial charge in [-0.15, -0.1) is 0 Å². The summed E-state index contributed by atoms with van der Waals surface area (Å²) in [6.07, 6.45) is 0. The van der Waals surface area contributed by atoms with E-state index in [1.165, 1.54) is 0 Å². The largest absolute Gasteiger partial charge is 3.00 e. The molecule has 0 amide bonds. The molecule has 0 saturated carbocycles. The van der Waals surface area contributed by atoms with E-state index in [1.807, 2.05) is 0 Å². The molecule has 0 unspecified atom stereocenters. The molecule has 0 aromatic heterocycles. The van der Waals surface area contributed by atoms with E-state index in [1.54, 1.807) is 0 Å². The number of hydrogen-bond acceptors (Lipinski definition) is 4. The van der Waals surface area contributed by atoms with Crippen LogP contribution in [0.15, 0.2) is 0 Å². The predicted octanol–water partition coefficient (Wildman–Crippen LogP) is 3.75. The number of halogens is 5. The number of aromatic hydroxyl groups is 1. The summed E-state index contributed by atoms with van der Waals surface area (Å²) < 4.78 is 0. The third kappa shape index (κ3) is 4.63. The summed E-state index contributed by atoms with van der Waals surface area (Å²) in [4.78, 5) is 0. The Labute approximate surface area is 127 Å². The summed E-state index contributed by atoms with van der Waals surface area (Å²) in [6, 6.07) is 0. The predicted molar refractivity (Wildman–Crippen MR) is 64.7 cm³/mol. The molecule has 4 nitrogen and oxygen atoms in total. The van der Waals surface area contributed by atoms with Gasteiger partial charge < -0.3 is 21.5 Å². The normalized spacial score (nSPS) is 7.81. The Balaban J connectivity index is -0.000000180. The Morgan fingerprint density at radius 3 is 1.00 bits per heavy atom. The molecule has 0 atom stereocenters. The summed E-state index contributed by atoms with van der Waals surface area (Å²) in [5.74, 6) is -0.363. The van der Waals surface area contributed by atoms with Crippen LogP contribution < -0.4 is 0 Å². The van der Waals surface area contributed by atoms with Crippen molar-refractivity contribution in [2.75, 3.05) is 0 Å². The van der Waals surface area contributed by atoms with Crippen LogP contribution in [0.3, 0.4) is 0 Å². The Bertz CT molecular complexity index is 243. The van der Waals surface area contributed by atoms with E-state index in [-0.39, 0.29) is 64.7 Å². The summed E-state index contributed by atoms with van der Waals surface area (Å²) in [5, 5.41) is 9.01. The van der Waals surface area contributed by atoms with Crippen LogP contribution in [0.4, 0.5) is 0 Å². The molecule has 0 spiro atoms. The molecule has 0 aliphatic rings. The maximum Gasteiger partial charge on any atom is 3.00 e. The van der Waals surface area contributed by atoms with Crippen LogP contribution in [-0.2, 0) is 0 Å². The minimum atomic E-state index is -0.363. The van der Waals surface area contributed by atoms with Crippen molar-refractivity contribution < 1.29 is 21.5 Å². The van der Waals surface area contributed by atoms with Gasteiger partial charge in [0.25, 0.3) is 0 Å². The number of phenolic OH excluding ortho intramolecular Hbond substituents is 1. The van der Waals surface area contributed by atoms with E-state index < -0.39 is 0 Å². The molecular weight excluding hydrogens is 340 g/mol. The van der Waals surface area contributed by atoms with Gasteiger partial charge in [0.15, 0.2) is 5.75 Å². The van der Waals surface area contributed by atoms with Crippen LogP contribution in [0.25, 0.3) is 0 Å². The fourth-order valence-electron chi connectivity index (χ4n) is 0.593. The van der Waals surface area contributed by atoms with Crippen molar-refractivity contribution in [1.82, 2.24) is 0 Å². The fourth-order valence-corrected chi connectivity index (χ4v) is 1.72. The molecule has 0 fully saturated rings. The van der Waals surface area contributed by atoms with Gasteiger partial charge in [0, 0.05) is 0 Å². The van der Waals surface area contributed by atoms with Crippen molar-refractivity contribution >= 4 is 75.4 Å². The zero-order valence-electron chi connectivity index (χ0n) is 7.26. The first-order chi connectivity index (χ1) is 5.46. The van der Waals surface area contributed by atoms with Crippen LogP contribution >= 0.6 is 58.0 Å². The molecule has 0 radical (unpaired) electrons. The van der Waals surface area contributed by atoms with Crippen LogP contribution in [0.1, 0.15) is 0 Å². The third-order valence-corrected chi connectivity index (χ3v) is 3.44. The number of benzene rings is 1. The van der Waals surface area contributed by atoms with Crippen molar-refractivity contribution in [3.8, 4) is 5.75 Å². The standard InChI is InChI=1S/C6HCl5O.Al.3H2O/c7-1-2(8)4(10)6(12)5(11)3(1)9;;;;/h12H;;3*1H2/q;+3;;;/p-3. The minimum Gasteiger partial charge on any atom is -0.870 e. The van der Waals surface area contributed by atoms with Crippen LogP contribution in [0.2, 0.25) is 25.1 Å². The van der Waals surface area contributed by atoms with Crippen molar-refractivity contribution in [2.45, 2.75) is 0 Å². The first kappa shape index (κ1) is 25.7. The fraction of sp³-hybridized carbons (Fsp3) is 0. The van der Waals surface area contributed by atoms with Crippen molar-refractivity contribution in [2.24, 2.45) is 0 Å². The maximum atomic E-state index is 9.20. The van der Waals surface area contributed by atoms with Crippen molar-refractivity contribution in [3.63, 3.8) is 0 Å². The Morgan fingerprint density at radius 1 is 0.562 bits per heavy atom. The van der Waals surface area contributed by atoms with Gasteiger partial charge in [0.1, 0.15) is 10.0 Å². The minimum absolute atomic E-state index is 0. The quantitative estimate of drug-likeness (QED) is 0.439. The molecule has 0 heterocycles. The zero-order chi connectivity index (χ0) is 9.46. The van der Waals surface area contributed by atoms with E-state index in [2.05, 4.69) is 0 Å². The van der Waals surface area contributed by atoms with Gasteiger partial charge in [-0.3, -0.25) is 0 Å². The molecular formula is C6H4AlCl5O4. The number of hydrogen-bond donors (Lipinski definition) is 1. The van der Waals surface area contributed by atoms with E-state index >= 15 is 0 Å². The smallest absolute Gasteiger partial charge is 0.870 e. The number of rotatable bonds is 0. The average Bonchev–Trinajstić information content (AvgIpc) is 2.08. The third-order valence-electron chi connectivity index (χ3n) is 1.19. The zero-order valence-corrected chi connectivity index (χ0v) is 12.2. The first-order valence-corrected chi connectivity index (χ1v) is 4.56. The van der Waals surface area contributed by atoms with E-state index in [4.69, 9.17) is 58.0 Å². The second-order valence-electron chi connectivity index (χ2n) is 1.92. The van der Waals surface area contributed by atoms with Crippen LogP contribution in [0.5, 0.6) is 5.75 Å². The van der Waals surface area contributed by atoms with Gasteiger partial charge in [0.2, 0.25) is 0 Å². The second kappa shape index (κ2) is 9.87. The van der Waals surface area contributed by atoms with Gasteiger partial charge in [-0.25, -0.2) is 0 Å². The molecule has 0 aliphatic heterocycles. The SMILES string of the molecule is Oc1c(Cl)c(Cl)c(Cl)c(Cl)c1Cl.[Al+3].[OH-].[OH-].[OH-]. The van der Waals surface area contributed by atoms with Gasteiger partial charge >= 0.3 is 17.4 Å². The molecule has 16 heavy (non-hydrogen) atoms. The second-order valence-corrected chi connectivity index (χ2v) is 3.81. The van der Waals surface area contributed by atoms with Gasteiger partial charge in [-0.2, -0.15) is 0 Å². The summed E-state index contributed by atoms with van der Waals surface area (Å²) in [6.45, 7) is 0. The van der Waals surface area contributed by atoms with Gasteiger partial charge in [-0.05, 0) is 0 Å². The Kier molecular flexibility index (Phi) is 15.8. The molecule has 1 aromatic rings. The molecule has 0 aliphatic carbocycles. The van der Waals surface area contributed by atoms with Crippen molar-refractivity contribution in [1.29, 1.82) is 0 Å². The summed E-state index contributed by atoms with van der Waals surface area (Å²) in [7, 11) is 0. The van der Waals surface area contributed by atoms with Crippen LogP contribution in [-0.4, -0.2) is 38.9 Å². The summed E-state index contributed by atoms with van der Waals surface area (Å²) >= 11 is 27.9. The Morgan fingerprint density at radius 2 is 0.750 bits per heavy atom. The molecule has 1 aromatic carbocycles. The molecule has 0 saturated heterocycles. The monoisotopic (exact) mass is 342 g/mol. The van der Waals surface area contributed by atoms with E-state index in [9.17, 15) is 5.11 Å². The summed E-state index contributed by atoms with van der Waals surface area (Å²) in [5.41, 5.74) is 0. The molecule has 4 N–H and O–H groups in total. The Hall–Kier alpha value is 0.882. The van der Waals surface area contributed by atoms with Crippen LogP contribution in [0, 0.1) is 0 Å². The molecule has 10 heteroatoms. The van der Waals surface area contributed by atoms with E-state index in [0.29, 0.717) is 0 Å².